The highest BCUT2D eigenvalue weighted by Crippen LogP contribution is 2.38. The smallest absolute Gasteiger partial charge is 0.222 e. The Hall–Kier alpha value is -1.95. The second kappa shape index (κ2) is 10.1. The summed E-state index contributed by atoms with van der Waals surface area (Å²) in [7, 11) is 6.56. The first kappa shape index (κ1) is 21.1. The van der Waals surface area contributed by atoms with Crippen LogP contribution in [0, 0.1) is 5.92 Å². The van der Waals surface area contributed by atoms with E-state index in [1.54, 1.807) is 26.2 Å². The van der Waals surface area contributed by atoms with Crippen molar-refractivity contribution in [2.24, 2.45) is 11.7 Å². The molecule has 0 saturated heterocycles. The molecular weight excluding hydrogens is 320 g/mol. The fraction of sp³-hybridized carbons (Fsp3) is 0.632. The SMILES string of the molecule is COc1cc(CCC(=O)N(C)CCC(N)C(C)C)cc(OC)c1OC. The van der Waals surface area contributed by atoms with E-state index in [-0.39, 0.29) is 11.9 Å². The van der Waals surface area contributed by atoms with Crippen molar-refractivity contribution in [3.63, 3.8) is 0 Å². The minimum atomic E-state index is 0.102. The Morgan fingerprint density at radius 1 is 1.12 bits per heavy atom. The van der Waals surface area contributed by atoms with E-state index < -0.39 is 0 Å². The van der Waals surface area contributed by atoms with Crippen molar-refractivity contribution in [3.8, 4) is 17.2 Å². The van der Waals surface area contributed by atoms with Crippen LogP contribution in [-0.4, -0.2) is 51.8 Å². The molecule has 1 rings (SSSR count). The Balaban J connectivity index is 2.66. The molecule has 6 heteroatoms. The molecule has 0 aliphatic rings. The number of ether oxygens (including phenoxy) is 3. The highest BCUT2D eigenvalue weighted by Gasteiger charge is 2.16. The van der Waals surface area contributed by atoms with Crippen LogP contribution < -0.4 is 19.9 Å². The van der Waals surface area contributed by atoms with Crippen LogP contribution in [0.25, 0.3) is 0 Å². The number of amides is 1. The highest BCUT2D eigenvalue weighted by molar-refractivity contribution is 5.76. The molecule has 6 nitrogen and oxygen atoms in total. The van der Waals surface area contributed by atoms with Gasteiger partial charge in [-0.15, -0.1) is 0 Å². The van der Waals surface area contributed by atoms with Gasteiger partial charge in [0, 0.05) is 26.1 Å². The number of carbonyl (C=O) groups excluding carboxylic acids is 1. The minimum absolute atomic E-state index is 0.102. The van der Waals surface area contributed by atoms with E-state index in [1.165, 1.54) is 0 Å². The van der Waals surface area contributed by atoms with E-state index in [9.17, 15) is 4.79 Å². The van der Waals surface area contributed by atoms with E-state index >= 15 is 0 Å². The van der Waals surface area contributed by atoms with Crippen molar-refractivity contribution in [1.82, 2.24) is 4.90 Å². The highest BCUT2D eigenvalue weighted by atomic mass is 16.5. The molecule has 0 spiro atoms. The first-order chi connectivity index (χ1) is 11.8. The summed E-state index contributed by atoms with van der Waals surface area (Å²) in [5.41, 5.74) is 7.01. The zero-order valence-electron chi connectivity index (χ0n) is 16.3. The van der Waals surface area contributed by atoms with E-state index in [4.69, 9.17) is 19.9 Å². The number of benzene rings is 1. The van der Waals surface area contributed by atoms with Gasteiger partial charge >= 0.3 is 0 Å². The van der Waals surface area contributed by atoms with Crippen molar-refractivity contribution in [1.29, 1.82) is 0 Å². The number of aryl methyl sites for hydroxylation is 1. The summed E-state index contributed by atoms with van der Waals surface area (Å²) >= 11 is 0. The summed E-state index contributed by atoms with van der Waals surface area (Å²) in [6.45, 7) is 4.86. The average Bonchev–Trinajstić information content (AvgIpc) is 2.62. The number of rotatable bonds is 10. The van der Waals surface area contributed by atoms with Crippen LogP contribution >= 0.6 is 0 Å². The number of nitrogens with two attached hydrogens (primary N) is 1. The van der Waals surface area contributed by atoms with Gasteiger partial charge in [-0.1, -0.05) is 13.8 Å². The quantitative estimate of drug-likeness (QED) is 0.700. The molecule has 0 heterocycles. The molecule has 1 atom stereocenters. The Labute approximate surface area is 151 Å². The molecule has 142 valence electrons. The largest absolute Gasteiger partial charge is 0.493 e. The lowest BCUT2D eigenvalue weighted by Crippen LogP contribution is -2.34. The third-order valence-corrected chi connectivity index (χ3v) is 4.43. The van der Waals surface area contributed by atoms with Crippen LogP contribution in [0.2, 0.25) is 0 Å². The normalized spacial score (nSPS) is 12.0. The zero-order valence-corrected chi connectivity index (χ0v) is 16.3. The molecule has 1 aromatic rings. The molecule has 1 amide bonds. The summed E-state index contributed by atoms with van der Waals surface area (Å²) in [6.07, 6.45) is 1.84. The number of methoxy groups -OCH3 is 3. The van der Waals surface area contributed by atoms with Crippen LogP contribution in [0.1, 0.15) is 32.3 Å². The van der Waals surface area contributed by atoms with Gasteiger partial charge in [-0.25, -0.2) is 0 Å². The number of carbonyl (C=O) groups is 1. The summed E-state index contributed by atoms with van der Waals surface area (Å²) in [4.78, 5) is 14.1. The van der Waals surface area contributed by atoms with Gasteiger partial charge in [-0.3, -0.25) is 4.79 Å². The fourth-order valence-electron chi connectivity index (χ4n) is 2.52. The van der Waals surface area contributed by atoms with Gasteiger partial charge in [0.15, 0.2) is 11.5 Å². The van der Waals surface area contributed by atoms with E-state index in [1.807, 2.05) is 19.2 Å². The standard InChI is InChI=1S/C19H32N2O4/c1-13(2)15(20)9-10-21(3)18(22)8-7-14-11-16(23-4)19(25-6)17(12-14)24-5/h11-13,15H,7-10,20H2,1-6H3. The van der Waals surface area contributed by atoms with Gasteiger partial charge < -0.3 is 24.8 Å². The monoisotopic (exact) mass is 352 g/mol. The molecule has 2 N–H and O–H groups in total. The molecule has 0 fully saturated rings. The Bertz CT molecular complexity index is 535. The second-order valence-corrected chi connectivity index (χ2v) is 6.55. The van der Waals surface area contributed by atoms with E-state index in [0.29, 0.717) is 42.6 Å². The van der Waals surface area contributed by atoms with Crippen LogP contribution in [-0.2, 0) is 11.2 Å². The molecule has 0 radical (unpaired) electrons. The Kier molecular flexibility index (Phi) is 8.55. The lowest BCUT2D eigenvalue weighted by atomic mass is 10.0. The molecule has 0 aliphatic heterocycles. The molecule has 0 saturated carbocycles. The maximum absolute atomic E-state index is 12.3. The maximum atomic E-state index is 12.3. The lowest BCUT2D eigenvalue weighted by Gasteiger charge is -2.21. The van der Waals surface area contributed by atoms with Gasteiger partial charge in [-0.2, -0.15) is 0 Å². The summed E-state index contributed by atoms with van der Waals surface area (Å²) < 4.78 is 16.0. The Morgan fingerprint density at radius 2 is 1.68 bits per heavy atom. The van der Waals surface area contributed by atoms with Crippen molar-refractivity contribution in [3.05, 3.63) is 17.7 Å². The lowest BCUT2D eigenvalue weighted by molar-refractivity contribution is -0.129. The average molecular weight is 352 g/mol. The fourth-order valence-corrected chi connectivity index (χ4v) is 2.52. The number of hydrogen-bond acceptors (Lipinski definition) is 5. The van der Waals surface area contributed by atoms with Gasteiger partial charge in [0.2, 0.25) is 11.7 Å². The minimum Gasteiger partial charge on any atom is -0.493 e. The Morgan fingerprint density at radius 3 is 2.12 bits per heavy atom. The summed E-state index contributed by atoms with van der Waals surface area (Å²) in [5, 5.41) is 0. The topological polar surface area (TPSA) is 74.0 Å². The van der Waals surface area contributed by atoms with Crippen molar-refractivity contribution >= 4 is 5.91 Å². The van der Waals surface area contributed by atoms with Crippen LogP contribution in [0.5, 0.6) is 17.2 Å². The van der Waals surface area contributed by atoms with Crippen molar-refractivity contribution in [2.75, 3.05) is 34.9 Å². The molecule has 1 unspecified atom stereocenters. The van der Waals surface area contributed by atoms with E-state index in [2.05, 4.69) is 13.8 Å². The maximum Gasteiger partial charge on any atom is 0.222 e. The van der Waals surface area contributed by atoms with Gasteiger partial charge in [0.05, 0.1) is 21.3 Å². The van der Waals surface area contributed by atoms with Crippen LogP contribution in [0.4, 0.5) is 0 Å². The first-order valence-electron chi connectivity index (χ1n) is 8.62. The third kappa shape index (κ3) is 6.12. The predicted octanol–water partition coefficient (Wildman–Crippen LogP) is 2.48. The molecule has 0 bridgehead atoms. The summed E-state index contributed by atoms with van der Waals surface area (Å²) in [6, 6.07) is 3.87. The molecule has 0 aromatic heterocycles. The van der Waals surface area contributed by atoms with E-state index in [0.717, 1.165) is 12.0 Å². The van der Waals surface area contributed by atoms with Gasteiger partial charge in [-0.05, 0) is 36.5 Å². The second-order valence-electron chi connectivity index (χ2n) is 6.55. The third-order valence-electron chi connectivity index (χ3n) is 4.43. The summed E-state index contributed by atoms with van der Waals surface area (Å²) in [5.74, 6) is 2.27. The molecular formula is C19H32N2O4. The van der Waals surface area contributed by atoms with Crippen LogP contribution in [0.15, 0.2) is 12.1 Å². The molecule has 25 heavy (non-hydrogen) atoms. The van der Waals surface area contributed by atoms with Gasteiger partial charge in [0.1, 0.15) is 0 Å². The van der Waals surface area contributed by atoms with Crippen LogP contribution in [0.3, 0.4) is 0 Å². The predicted molar refractivity (Wildman–Crippen MR) is 99.5 cm³/mol. The number of nitrogens with zero attached hydrogens (tertiary/aromatic N) is 1. The van der Waals surface area contributed by atoms with Gasteiger partial charge in [0.25, 0.3) is 0 Å². The molecule has 0 aliphatic carbocycles. The molecule has 1 aromatic carbocycles. The van der Waals surface area contributed by atoms with Crippen molar-refractivity contribution < 1.29 is 19.0 Å². The zero-order chi connectivity index (χ0) is 19.0. The number of hydrogen-bond donors (Lipinski definition) is 1. The van der Waals surface area contributed by atoms with Crippen molar-refractivity contribution in [2.45, 2.75) is 39.2 Å². The first-order valence-corrected chi connectivity index (χ1v) is 8.62.